The molecule has 0 radical (unpaired) electrons. The molecule has 1 aromatic heterocycles. The Morgan fingerprint density at radius 2 is 1.85 bits per heavy atom. The average molecular weight is 506 g/mol. The molecule has 1 aromatic carbocycles. The van der Waals surface area contributed by atoms with Gasteiger partial charge in [-0.2, -0.15) is 0 Å². The Labute approximate surface area is 209 Å². The number of hydrogen-bond acceptors (Lipinski definition) is 5. The largest absolute Gasteiger partial charge is 0.493 e. The molecule has 1 heterocycles. The molecule has 0 unspecified atom stereocenters. The number of carbonyl (C=O) groups is 1. The quantitative estimate of drug-likeness (QED) is 0.320. The second-order valence-corrected chi connectivity index (χ2v) is 13.3. The highest BCUT2D eigenvalue weighted by molar-refractivity contribution is 7.88. The van der Waals surface area contributed by atoms with E-state index in [4.69, 9.17) is 4.74 Å². The molecule has 0 saturated carbocycles. The number of rotatable bonds is 11. The van der Waals surface area contributed by atoms with E-state index in [1.165, 1.54) is 16.0 Å². The van der Waals surface area contributed by atoms with Crippen molar-refractivity contribution >= 4 is 27.1 Å². The van der Waals surface area contributed by atoms with Crippen molar-refractivity contribution in [2.75, 3.05) is 19.4 Å². The fourth-order valence-electron chi connectivity index (χ4n) is 4.85. The van der Waals surface area contributed by atoms with Gasteiger partial charge in [0.25, 0.3) is 0 Å². The van der Waals surface area contributed by atoms with Crippen LogP contribution >= 0.6 is 11.3 Å². The SMILES string of the molecule is CCc1sc(C(=O)CCc2cc(C)c(OCCCNS(C)(=O)=O)c(C)c2)c2c1CC(C)(C)CC2. The van der Waals surface area contributed by atoms with Crippen molar-refractivity contribution in [3.8, 4) is 5.75 Å². The Balaban J connectivity index is 1.62. The monoisotopic (exact) mass is 505 g/mol. The highest BCUT2D eigenvalue weighted by Crippen LogP contribution is 2.42. The van der Waals surface area contributed by atoms with Crippen LogP contribution in [0.4, 0.5) is 0 Å². The minimum Gasteiger partial charge on any atom is -0.493 e. The summed E-state index contributed by atoms with van der Waals surface area (Å²) in [5.74, 6) is 1.12. The number of sulfonamides is 1. The molecule has 0 bridgehead atoms. The van der Waals surface area contributed by atoms with Crippen molar-refractivity contribution < 1.29 is 17.9 Å². The van der Waals surface area contributed by atoms with E-state index >= 15 is 0 Å². The van der Waals surface area contributed by atoms with Crippen LogP contribution in [0.2, 0.25) is 0 Å². The van der Waals surface area contributed by atoms with Crippen molar-refractivity contribution in [1.82, 2.24) is 4.72 Å². The van der Waals surface area contributed by atoms with Gasteiger partial charge in [0.05, 0.1) is 17.7 Å². The van der Waals surface area contributed by atoms with Crippen LogP contribution in [0.1, 0.15) is 82.4 Å². The van der Waals surface area contributed by atoms with Crippen molar-refractivity contribution in [2.24, 2.45) is 5.41 Å². The van der Waals surface area contributed by atoms with E-state index in [-0.39, 0.29) is 5.78 Å². The maximum absolute atomic E-state index is 13.2. The highest BCUT2D eigenvalue weighted by Gasteiger charge is 2.31. The molecule has 7 heteroatoms. The second-order valence-electron chi connectivity index (χ2n) is 10.4. The summed E-state index contributed by atoms with van der Waals surface area (Å²) < 4.78 is 30.7. The van der Waals surface area contributed by atoms with Gasteiger partial charge in [0.1, 0.15) is 5.75 Å². The van der Waals surface area contributed by atoms with E-state index in [0.717, 1.165) is 65.7 Å². The molecule has 0 atom stereocenters. The molecular weight excluding hydrogens is 466 g/mol. The molecule has 1 N–H and O–H groups in total. The zero-order valence-corrected chi connectivity index (χ0v) is 23.1. The Morgan fingerprint density at radius 1 is 1.18 bits per heavy atom. The first-order chi connectivity index (χ1) is 15.9. The van der Waals surface area contributed by atoms with E-state index in [2.05, 4.69) is 37.6 Å². The predicted molar refractivity (Wildman–Crippen MR) is 141 cm³/mol. The lowest BCUT2D eigenvalue weighted by Gasteiger charge is -2.30. The number of fused-ring (bicyclic) bond motifs is 1. The number of aryl methyl sites for hydroxylation is 4. The lowest BCUT2D eigenvalue weighted by Crippen LogP contribution is -2.24. The molecule has 0 amide bonds. The molecule has 0 aliphatic heterocycles. The van der Waals surface area contributed by atoms with Gasteiger partial charge < -0.3 is 4.74 Å². The van der Waals surface area contributed by atoms with Crippen LogP contribution in [-0.4, -0.2) is 33.6 Å². The van der Waals surface area contributed by atoms with E-state index in [1.807, 2.05) is 13.8 Å². The topological polar surface area (TPSA) is 72.5 Å². The first-order valence-corrected chi connectivity index (χ1v) is 14.9. The first-order valence-electron chi connectivity index (χ1n) is 12.2. The molecule has 34 heavy (non-hydrogen) atoms. The number of nitrogens with one attached hydrogen (secondary N) is 1. The number of ketones is 1. The minimum atomic E-state index is -3.17. The Kier molecular flexibility index (Phi) is 8.64. The van der Waals surface area contributed by atoms with Crippen LogP contribution in [0.5, 0.6) is 5.75 Å². The summed E-state index contributed by atoms with van der Waals surface area (Å²) in [6.45, 7) is 11.7. The molecule has 0 spiro atoms. The van der Waals surface area contributed by atoms with Crippen LogP contribution in [0.15, 0.2) is 12.1 Å². The number of hydrogen-bond donors (Lipinski definition) is 1. The number of ether oxygens (including phenoxy) is 1. The number of thiophene rings is 1. The van der Waals surface area contributed by atoms with Crippen LogP contribution in [0, 0.1) is 19.3 Å². The third-order valence-corrected chi connectivity index (χ3v) is 8.76. The maximum Gasteiger partial charge on any atom is 0.208 e. The van der Waals surface area contributed by atoms with Crippen LogP contribution in [-0.2, 0) is 35.7 Å². The summed E-state index contributed by atoms with van der Waals surface area (Å²) in [6.07, 6.45) is 7.25. The molecule has 1 aliphatic rings. The summed E-state index contributed by atoms with van der Waals surface area (Å²) in [5, 5.41) is 0. The summed E-state index contributed by atoms with van der Waals surface area (Å²) in [7, 11) is -3.17. The molecule has 2 aromatic rings. The molecule has 5 nitrogen and oxygen atoms in total. The summed E-state index contributed by atoms with van der Waals surface area (Å²) in [6, 6.07) is 4.21. The van der Waals surface area contributed by atoms with Gasteiger partial charge in [-0.1, -0.05) is 32.9 Å². The summed E-state index contributed by atoms with van der Waals surface area (Å²) in [5.41, 5.74) is 6.34. The van der Waals surface area contributed by atoms with E-state index in [9.17, 15) is 13.2 Å². The van der Waals surface area contributed by atoms with Gasteiger partial charge in [0, 0.05) is 17.8 Å². The third-order valence-electron chi connectivity index (χ3n) is 6.57. The molecule has 0 fully saturated rings. The van der Waals surface area contributed by atoms with Crippen molar-refractivity contribution in [3.05, 3.63) is 49.7 Å². The van der Waals surface area contributed by atoms with E-state index in [1.54, 1.807) is 11.3 Å². The van der Waals surface area contributed by atoms with Crippen LogP contribution in [0.25, 0.3) is 0 Å². The average Bonchev–Trinajstić information content (AvgIpc) is 3.09. The van der Waals surface area contributed by atoms with Crippen LogP contribution in [0.3, 0.4) is 0 Å². The summed E-state index contributed by atoms with van der Waals surface area (Å²) in [4.78, 5) is 15.6. The fraction of sp³-hybridized carbons (Fsp3) is 0.593. The van der Waals surface area contributed by atoms with Gasteiger partial charge in [-0.05, 0) is 85.6 Å². The van der Waals surface area contributed by atoms with E-state index < -0.39 is 10.0 Å². The van der Waals surface area contributed by atoms with Gasteiger partial charge >= 0.3 is 0 Å². The number of Topliss-reactive ketones (excluding diaryl/α,β-unsaturated/α-hetero) is 1. The zero-order chi connectivity index (χ0) is 25.1. The fourth-order valence-corrected chi connectivity index (χ4v) is 6.64. The van der Waals surface area contributed by atoms with Crippen LogP contribution < -0.4 is 9.46 Å². The number of benzene rings is 1. The van der Waals surface area contributed by atoms with Crippen molar-refractivity contribution in [3.63, 3.8) is 0 Å². The third kappa shape index (κ3) is 6.92. The van der Waals surface area contributed by atoms with Gasteiger partial charge in [-0.15, -0.1) is 11.3 Å². The molecule has 0 saturated heterocycles. The maximum atomic E-state index is 13.2. The Morgan fingerprint density at radius 3 is 2.47 bits per heavy atom. The smallest absolute Gasteiger partial charge is 0.208 e. The lowest BCUT2D eigenvalue weighted by atomic mass is 9.74. The zero-order valence-electron chi connectivity index (χ0n) is 21.5. The molecule has 3 rings (SSSR count). The number of carbonyl (C=O) groups excluding carboxylic acids is 1. The first kappa shape index (κ1) is 26.9. The lowest BCUT2D eigenvalue weighted by molar-refractivity contribution is 0.0985. The molecule has 188 valence electrons. The molecule has 1 aliphatic carbocycles. The Hall–Kier alpha value is -1.70. The van der Waals surface area contributed by atoms with Gasteiger partial charge in [-0.3, -0.25) is 4.79 Å². The standard InChI is InChI=1S/C27H39NO4S2/c1-7-24-22-17-27(4,5)12-11-21(22)26(33-24)23(29)10-9-20-15-18(2)25(19(3)16-20)32-14-8-13-28-34(6,30)31/h15-16,28H,7-14,17H2,1-6H3. The van der Waals surface area contributed by atoms with Crippen molar-refractivity contribution in [1.29, 1.82) is 0 Å². The van der Waals surface area contributed by atoms with Gasteiger partial charge in [0.2, 0.25) is 10.0 Å². The van der Waals surface area contributed by atoms with Gasteiger partial charge in [-0.25, -0.2) is 13.1 Å². The Bertz CT molecular complexity index is 1120. The predicted octanol–water partition coefficient (Wildman–Crippen LogP) is 5.58. The normalized spacial score (nSPS) is 15.2. The van der Waals surface area contributed by atoms with E-state index in [0.29, 0.717) is 31.4 Å². The highest BCUT2D eigenvalue weighted by atomic mass is 32.2. The molecular formula is C27H39NO4S2. The van der Waals surface area contributed by atoms with Crippen molar-refractivity contribution in [2.45, 2.75) is 79.6 Å². The summed E-state index contributed by atoms with van der Waals surface area (Å²) >= 11 is 1.73. The minimum absolute atomic E-state index is 0.273. The van der Waals surface area contributed by atoms with Gasteiger partial charge in [0.15, 0.2) is 5.78 Å². The second kappa shape index (κ2) is 10.9.